The summed E-state index contributed by atoms with van der Waals surface area (Å²) in [4.78, 5) is 2.67. The molecule has 15 heavy (non-hydrogen) atoms. The van der Waals surface area contributed by atoms with Gasteiger partial charge in [0.25, 0.3) is 0 Å². The maximum absolute atomic E-state index is 3.64. The van der Waals surface area contributed by atoms with Gasteiger partial charge in [-0.15, -0.1) is 0 Å². The molecule has 2 nitrogen and oxygen atoms in total. The van der Waals surface area contributed by atoms with E-state index in [-0.39, 0.29) is 0 Å². The van der Waals surface area contributed by atoms with Gasteiger partial charge in [-0.1, -0.05) is 33.6 Å². The normalized spacial score (nSPS) is 22.2. The summed E-state index contributed by atoms with van der Waals surface area (Å²) in [5, 5.41) is 3.64. The first kappa shape index (κ1) is 13.0. The Morgan fingerprint density at radius 1 is 1.13 bits per heavy atom. The summed E-state index contributed by atoms with van der Waals surface area (Å²) in [7, 11) is 0. The Bertz CT molecular complexity index is 169. The molecule has 0 aliphatic heterocycles. The second-order valence-electron chi connectivity index (χ2n) is 4.76. The van der Waals surface area contributed by atoms with Gasteiger partial charge < -0.3 is 5.32 Å². The molecule has 0 aromatic rings. The highest BCUT2D eigenvalue weighted by atomic mass is 15.2. The largest absolute Gasteiger partial charge is 0.313 e. The van der Waals surface area contributed by atoms with Crippen LogP contribution in [-0.4, -0.2) is 36.1 Å². The van der Waals surface area contributed by atoms with Crippen molar-refractivity contribution in [1.29, 1.82) is 0 Å². The average Bonchev–Trinajstić information content (AvgIpc) is 2.70. The molecular weight excluding hydrogens is 184 g/mol. The molecule has 0 amide bonds. The molecule has 1 N–H and O–H groups in total. The van der Waals surface area contributed by atoms with Gasteiger partial charge in [-0.3, -0.25) is 4.90 Å². The predicted octanol–water partition coefficient (Wildman–Crippen LogP) is 2.64. The number of nitrogens with zero attached hydrogens (tertiary/aromatic N) is 1. The monoisotopic (exact) mass is 212 g/mol. The first-order valence-electron chi connectivity index (χ1n) is 6.69. The Morgan fingerprint density at radius 2 is 1.67 bits per heavy atom. The Hall–Kier alpha value is -0.0800. The molecule has 1 fully saturated rings. The Kier molecular flexibility index (Phi) is 5.07. The van der Waals surface area contributed by atoms with Gasteiger partial charge in [0.1, 0.15) is 0 Å². The van der Waals surface area contributed by atoms with Crippen molar-refractivity contribution in [3.63, 3.8) is 0 Å². The molecule has 0 spiro atoms. The fourth-order valence-electron chi connectivity index (χ4n) is 3.36. The van der Waals surface area contributed by atoms with E-state index in [9.17, 15) is 0 Å². The molecule has 90 valence electrons. The maximum atomic E-state index is 3.64. The highest BCUT2D eigenvalue weighted by Crippen LogP contribution is 2.37. The number of hydrogen-bond acceptors (Lipinski definition) is 2. The Labute approximate surface area is 95.4 Å². The van der Waals surface area contributed by atoms with Crippen LogP contribution < -0.4 is 5.32 Å². The molecule has 1 saturated carbocycles. The van der Waals surface area contributed by atoms with Crippen LogP contribution in [0.5, 0.6) is 0 Å². The molecule has 1 unspecified atom stereocenters. The van der Waals surface area contributed by atoms with E-state index in [1.54, 1.807) is 0 Å². The Balaban J connectivity index is 2.76. The SMILES string of the molecule is CCNC(C)C1(N(CC)CC)CCCC1. The van der Waals surface area contributed by atoms with Gasteiger partial charge in [0.05, 0.1) is 0 Å². The van der Waals surface area contributed by atoms with Crippen molar-refractivity contribution < 1.29 is 0 Å². The lowest BCUT2D eigenvalue weighted by molar-refractivity contribution is 0.0702. The second-order valence-corrected chi connectivity index (χ2v) is 4.76. The second kappa shape index (κ2) is 5.86. The zero-order valence-corrected chi connectivity index (χ0v) is 11.0. The van der Waals surface area contributed by atoms with E-state index in [0.717, 1.165) is 6.54 Å². The molecule has 0 heterocycles. The van der Waals surface area contributed by atoms with E-state index in [4.69, 9.17) is 0 Å². The third-order valence-corrected chi connectivity index (χ3v) is 4.18. The number of nitrogens with one attached hydrogen (secondary N) is 1. The molecule has 0 radical (unpaired) electrons. The molecule has 0 aromatic carbocycles. The van der Waals surface area contributed by atoms with Gasteiger partial charge in [-0.05, 0) is 39.4 Å². The van der Waals surface area contributed by atoms with Crippen LogP contribution >= 0.6 is 0 Å². The van der Waals surface area contributed by atoms with Gasteiger partial charge >= 0.3 is 0 Å². The van der Waals surface area contributed by atoms with Crippen LogP contribution in [0.2, 0.25) is 0 Å². The molecule has 1 rings (SSSR count). The molecule has 0 saturated heterocycles. The quantitative estimate of drug-likeness (QED) is 0.728. The third-order valence-electron chi connectivity index (χ3n) is 4.18. The smallest absolute Gasteiger partial charge is 0.0359 e. The summed E-state index contributed by atoms with van der Waals surface area (Å²) in [5.41, 5.74) is 0.444. The zero-order valence-electron chi connectivity index (χ0n) is 11.0. The maximum Gasteiger partial charge on any atom is 0.0359 e. The van der Waals surface area contributed by atoms with Crippen LogP contribution in [0.1, 0.15) is 53.4 Å². The van der Waals surface area contributed by atoms with Crippen LogP contribution in [0.3, 0.4) is 0 Å². The van der Waals surface area contributed by atoms with Crippen molar-refractivity contribution in [3.05, 3.63) is 0 Å². The molecule has 0 aromatic heterocycles. The summed E-state index contributed by atoms with van der Waals surface area (Å²) < 4.78 is 0. The van der Waals surface area contributed by atoms with Crippen molar-refractivity contribution in [1.82, 2.24) is 10.2 Å². The average molecular weight is 212 g/mol. The van der Waals surface area contributed by atoms with E-state index in [1.807, 2.05) is 0 Å². The van der Waals surface area contributed by atoms with Crippen LogP contribution in [0.4, 0.5) is 0 Å². The fourth-order valence-corrected chi connectivity index (χ4v) is 3.36. The minimum Gasteiger partial charge on any atom is -0.313 e. The van der Waals surface area contributed by atoms with E-state index >= 15 is 0 Å². The standard InChI is InChI=1S/C13H28N2/c1-5-14-12(4)13(10-8-9-11-13)15(6-2)7-3/h12,14H,5-11H2,1-4H3. The van der Waals surface area contributed by atoms with E-state index < -0.39 is 0 Å². The number of hydrogen-bond donors (Lipinski definition) is 1. The molecule has 1 atom stereocenters. The molecule has 1 aliphatic rings. The number of rotatable bonds is 6. The van der Waals surface area contributed by atoms with Gasteiger partial charge in [0, 0.05) is 11.6 Å². The summed E-state index contributed by atoms with van der Waals surface area (Å²) in [6, 6.07) is 0.630. The number of likely N-dealkylation sites (N-methyl/N-ethyl adjacent to an activating group) is 2. The lowest BCUT2D eigenvalue weighted by Crippen LogP contribution is -2.58. The van der Waals surface area contributed by atoms with Crippen molar-refractivity contribution in [3.8, 4) is 0 Å². The van der Waals surface area contributed by atoms with Gasteiger partial charge in [0.2, 0.25) is 0 Å². The van der Waals surface area contributed by atoms with Crippen LogP contribution in [0.15, 0.2) is 0 Å². The van der Waals surface area contributed by atoms with Crippen molar-refractivity contribution in [2.45, 2.75) is 65.0 Å². The zero-order chi connectivity index (χ0) is 11.3. The third kappa shape index (κ3) is 2.54. The fraction of sp³-hybridized carbons (Fsp3) is 1.00. The highest BCUT2D eigenvalue weighted by molar-refractivity contribution is 5.01. The van der Waals surface area contributed by atoms with Crippen molar-refractivity contribution in [2.24, 2.45) is 0 Å². The van der Waals surface area contributed by atoms with Gasteiger partial charge in [-0.25, -0.2) is 0 Å². The van der Waals surface area contributed by atoms with E-state index in [0.29, 0.717) is 11.6 Å². The van der Waals surface area contributed by atoms with Crippen LogP contribution in [-0.2, 0) is 0 Å². The topological polar surface area (TPSA) is 15.3 Å². The van der Waals surface area contributed by atoms with Crippen molar-refractivity contribution >= 4 is 0 Å². The molecule has 0 bridgehead atoms. The van der Waals surface area contributed by atoms with Crippen LogP contribution in [0.25, 0.3) is 0 Å². The molecular formula is C13H28N2. The summed E-state index contributed by atoms with van der Waals surface area (Å²) in [5.74, 6) is 0. The highest BCUT2D eigenvalue weighted by Gasteiger charge is 2.42. The minimum absolute atomic E-state index is 0.444. The summed E-state index contributed by atoms with van der Waals surface area (Å²) in [6.45, 7) is 12.6. The lowest BCUT2D eigenvalue weighted by atomic mass is 9.87. The van der Waals surface area contributed by atoms with E-state index in [2.05, 4.69) is 37.9 Å². The molecule has 1 aliphatic carbocycles. The first-order chi connectivity index (χ1) is 7.21. The van der Waals surface area contributed by atoms with E-state index in [1.165, 1.54) is 38.8 Å². The summed E-state index contributed by atoms with van der Waals surface area (Å²) in [6.07, 6.45) is 5.57. The van der Waals surface area contributed by atoms with Gasteiger partial charge in [0.15, 0.2) is 0 Å². The van der Waals surface area contributed by atoms with Crippen molar-refractivity contribution in [2.75, 3.05) is 19.6 Å². The first-order valence-corrected chi connectivity index (χ1v) is 6.69. The molecule has 2 heteroatoms. The van der Waals surface area contributed by atoms with Crippen LogP contribution in [0, 0.1) is 0 Å². The Morgan fingerprint density at radius 3 is 2.07 bits per heavy atom. The predicted molar refractivity (Wildman–Crippen MR) is 67.3 cm³/mol. The van der Waals surface area contributed by atoms with Gasteiger partial charge in [-0.2, -0.15) is 0 Å². The summed E-state index contributed by atoms with van der Waals surface area (Å²) >= 11 is 0. The minimum atomic E-state index is 0.444. The lowest BCUT2D eigenvalue weighted by Gasteiger charge is -2.45.